The minimum Gasteiger partial charge on any atom is -0.441 e. The summed E-state index contributed by atoms with van der Waals surface area (Å²) in [6.45, 7) is 2.32. The standard InChI is InChI=1S/C14H14N4O/c1-9-18-13-3-2-10(6-14(13)19-9)11(7-15)12-4-5-16-8-17-12/h2-6,8,11H,7,15H2,1H3. The molecule has 1 atom stereocenters. The van der Waals surface area contributed by atoms with Gasteiger partial charge in [0.25, 0.3) is 0 Å². The lowest BCUT2D eigenvalue weighted by Crippen LogP contribution is -2.15. The summed E-state index contributed by atoms with van der Waals surface area (Å²) in [5.41, 5.74) is 9.50. The zero-order valence-electron chi connectivity index (χ0n) is 10.6. The number of fused-ring (bicyclic) bond motifs is 1. The van der Waals surface area contributed by atoms with Crippen LogP contribution in [0.1, 0.15) is 23.1 Å². The lowest BCUT2D eigenvalue weighted by atomic mass is 9.95. The van der Waals surface area contributed by atoms with Gasteiger partial charge >= 0.3 is 0 Å². The molecule has 5 heteroatoms. The lowest BCUT2D eigenvalue weighted by molar-refractivity contribution is 0.560. The van der Waals surface area contributed by atoms with Crippen LogP contribution in [0, 0.1) is 6.92 Å². The molecule has 0 bridgehead atoms. The van der Waals surface area contributed by atoms with Crippen molar-refractivity contribution in [2.75, 3.05) is 6.54 Å². The second-order valence-corrected chi connectivity index (χ2v) is 4.38. The van der Waals surface area contributed by atoms with E-state index in [0.717, 1.165) is 22.4 Å². The third-order valence-corrected chi connectivity index (χ3v) is 3.12. The third kappa shape index (κ3) is 2.20. The van der Waals surface area contributed by atoms with Crippen LogP contribution in [0.5, 0.6) is 0 Å². The predicted molar refractivity (Wildman–Crippen MR) is 71.7 cm³/mol. The molecule has 0 radical (unpaired) electrons. The Hall–Kier alpha value is -2.27. The number of nitrogens with zero attached hydrogens (tertiary/aromatic N) is 3. The molecule has 0 saturated carbocycles. The SMILES string of the molecule is Cc1nc2ccc(C(CN)c3ccncn3)cc2o1. The van der Waals surface area contributed by atoms with E-state index < -0.39 is 0 Å². The number of nitrogens with two attached hydrogens (primary N) is 1. The van der Waals surface area contributed by atoms with Gasteiger partial charge in [-0.1, -0.05) is 6.07 Å². The Labute approximate surface area is 110 Å². The van der Waals surface area contributed by atoms with Gasteiger partial charge in [-0.25, -0.2) is 15.0 Å². The van der Waals surface area contributed by atoms with Crippen LogP contribution in [0.3, 0.4) is 0 Å². The van der Waals surface area contributed by atoms with Gasteiger partial charge in [0.1, 0.15) is 11.8 Å². The van der Waals surface area contributed by atoms with Crippen molar-refractivity contribution in [3.8, 4) is 0 Å². The van der Waals surface area contributed by atoms with Gasteiger partial charge in [-0.2, -0.15) is 0 Å². The summed E-state index contributed by atoms with van der Waals surface area (Å²) in [6.07, 6.45) is 3.26. The summed E-state index contributed by atoms with van der Waals surface area (Å²) in [5, 5.41) is 0. The van der Waals surface area contributed by atoms with E-state index in [1.54, 1.807) is 6.20 Å². The van der Waals surface area contributed by atoms with Crippen molar-refractivity contribution in [2.45, 2.75) is 12.8 Å². The van der Waals surface area contributed by atoms with Crippen LogP contribution in [0.25, 0.3) is 11.1 Å². The zero-order valence-corrected chi connectivity index (χ0v) is 10.6. The maximum absolute atomic E-state index is 5.88. The number of benzene rings is 1. The van der Waals surface area contributed by atoms with E-state index in [0.29, 0.717) is 12.4 Å². The van der Waals surface area contributed by atoms with Crippen LogP contribution in [-0.4, -0.2) is 21.5 Å². The minimum atomic E-state index is 0.0396. The van der Waals surface area contributed by atoms with Gasteiger partial charge in [-0.15, -0.1) is 0 Å². The lowest BCUT2D eigenvalue weighted by Gasteiger charge is -2.13. The molecule has 0 saturated heterocycles. The molecule has 96 valence electrons. The van der Waals surface area contributed by atoms with Crippen molar-refractivity contribution in [1.82, 2.24) is 15.0 Å². The maximum Gasteiger partial charge on any atom is 0.192 e. The molecule has 2 heterocycles. The Morgan fingerprint density at radius 2 is 2.21 bits per heavy atom. The number of aromatic nitrogens is 3. The number of rotatable bonds is 3. The molecular formula is C14H14N4O. The van der Waals surface area contributed by atoms with Crippen molar-refractivity contribution < 1.29 is 4.42 Å². The molecule has 0 spiro atoms. The molecule has 0 fully saturated rings. The third-order valence-electron chi connectivity index (χ3n) is 3.12. The summed E-state index contributed by atoms with van der Waals surface area (Å²) in [5.74, 6) is 0.705. The fraction of sp³-hybridized carbons (Fsp3) is 0.214. The van der Waals surface area contributed by atoms with Gasteiger partial charge in [-0.3, -0.25) is 0 Å². The molecule has 0 aliphatic rings. The van der Waals surface area contributed by atoms with Crippen molar-refractivity contribution in [1.29, 1.82) is 0 Å². The van der Waals surface area contributed by atoms with Gasteiger partial charge in [0.05, 0.1) is 5.69 Å². The second-order valence-electron chi connectivity index (χ2n) is 4.38. The van der Waals surface area contributed by atoms with E-state index >= 15 is 0 Å². The van der Waals surface area contributed by atoms with Gasteiger partial charge in [0.15, 0.2) is 11.5 Å². The van der Waals surface area contributed by atoms with Gasteiger partial charge in [0.2, 0.25) is 0 Å². The average molecular weight is 254 g/mol. The number of hydrogen-bond acceptors (Lipinski definition) is 5. The smallest absolute Gasteiger partial charge is 0.192 e. The molecule has 1 unspecified atom stereocenters. The first-order chi connectivity index (χ1) is 9.28. The summed E-state index contributed by atoms with van der Waals surface area (Å²) in [4.78, 5) is 12.5. The second kappa shape index (κ2) is 4.78. The Morgan fingerprint density at radius 1 is 1.32 bits per heavy atom. The molecule has 5 nitrogen and oxygen atoms in total. The maximum atomic E-state index is 5.88. The predicted octanol–water partition coefficient (Wildman–Crippen LogP) is 2.02. The molecule has 0 aliphatic carbocycles. The first kappa shape index (κ1) is 11.8. The fourth-order valence-electron chi connectivity index (χ4n) is 2.21. The van der Waals surface area contributed by atoms with Crippen molar-refractivity contribution in [2.24, 2.45) is 5.73 Å². The molecule has 0 amide bonds. The van der Waals surface area contributed by atoms with Crippen LogP contribution < -0.4 is 5.73 Å². The van der Waals surface area contributed by atoms with Crippen molar-refractivity contribution >= 4 is 11.1 Å². The summed E-state index contributed by atoms with van der Waals surface area (Å²) in [7, 11) is 0. The summed E-state index contributed by atoms with van der Waals surface area (Å²) in [6, 6.07) is 7.83. The molecular weight excluding hydrogens is 240 g/mol. The summed E-state index contributed by atoms with van der Waals surface area (Å²) < 4.78 is 5.55. The van der Waals surface area contributed by atoms with Crippen LogP contribution in [0.2, 0.25) is 0 Å². The van der Waals surface area contributed by atoms with E-state index in [9.17, 15) is 0 Å². The van der Waals surface area contributed by atoms with E-state index in [-0.39, 0.29) is 5.92 Å². The molecule has 19 heavy (non-hydrogen) atoms. The van der Waals surface area contributed by atoms with Crippen LogP contribution in [0.15, 0.2) is 41.2 Å². The van der Waals surface area contributed by atoms with E-state index in [4.69, 9.17) is 10.2 Å². The van der Waals surface area contributed by atoms with E-state index in [1.807, 2.05) is 31.2 Å². The highest BCUT2D eigenvalue weighted by atomic mass is 16.3. The van der Waals surface area contributed by atoms with Gasteiger partial charge in [0, 0.05) is 25.6 Å². The van der Waals surface area contributed by atoms with Crippen LogP contribution >= 0.6 is 0 Å². The van der Waals surface area contributed by atoms with Gasteiger partial charge < -0.3 is 10.2 Å². The first-order valence-corrected chi connectivity index (χ1v) is 6.11. The highest BCUT2D eigenvalue weighted by Crippen LogP contribution is 2.25. The van der Waals surface area contributed by atoms with Gasteiger partial charge in [-0.05, 0) is 23.8 Å². The fourth-order valence-corrected chi connectivity index (χ4v) is 2.21. The zero-order chi connectivity index (χ0) is 13.2. The average Bonchev–Trinajstić information content (AvgIpc) is 2.80. The normalized spacial score (nSPS) is 12.7. The van der Waals surface area contributed by atoms with Crippen molar-refractivity contribution in [3.63, 3.8) is 0 Å². The molecule has 2 N–H and O–H groups in total. The Balaban J connectivity index is 2.06. The van der Waals surface area contributed by atoms with Crippen LogP contribution in [0.4, 0.5) is 0 Å². The highest BCUT2D eigenvalue weighted by Gasteiger charge is 2.15. The minimum absolute atomic E-state index is 0.0396. The van der Waals surface area contributed by atoms with E-state index in [1.165, 1.54) is 6.33 Å². The Bertz CT molecular complexity index is 693. The first-order valence-electron chi connectivity index (χ1n) is 6.11. The largest absolute Gasteiger partial charge is 0.441 e. The number of aryl methyl sites for hydroxylation is 1. The van der Waals surface area contributed by atoms with Crippen molar-refractivity contribution in [3.05, 3.63) is 53.9 Å². The van der Waals surface area contributed by atoms with Crippen LogP contribution in [-0.2, 0) is 0 Å². The summed E-state index contributed by atoms with van der Waals surface area (Å²) >= 11 is 0. The quantitative estimate of drug-likeness (QED) is 0.773. The molecule has 1 aromatic carbocycles. The molecule has 3 aromatic rings. The Morgan fingerprint density at radius 3 is 2.95 bits per heavy atom. The number of hydrogen-bond donors (Lipinski definition) is 1. The number of oxazole rings is 1. The molecule has 2 aromatic heterocycles. The Kier molecular flexibility index (Phi) is 2.97. The molecule has 0 aliphatic heterocycles. The topological polar surface area (TPSA) is 77.8 Å². The monoisotopic (exact) mass is 254 g/mol. The van der Waals surface area contributed by atoms with E-state index in [2.05, 4.69) is 15.0 Å². The highest BCUT2D eigenvalue weighted by molar-refractivity contribution is 5.73. The molecule has 3 rings (SSSR count).